The molecule has 1 aliphatic heterocycles. The van der Waals surface area contributed by atoms with Gasteiger partial charge in [-0.15, -0.1) is 0 Å². The van der Waals surface area contributed by atoms with Gasteiger partial charge in [-0.25, -0.2) is 4.79 Å². The van der Waals surface area contributed by atoms with Crippen molar-refractivity contribution in [2.75, 3.05) is 5.32 Å². The van der Waals surface area contributed by atoms with Crippen molar-refractivity contribution in [3.05, 3.63) is 48.2 Å². The van der Waals surface area contributed by atoms with E-state index >= 15 is 0 Å². The third-order valence-electron chi connectivity index (χ3n) is 4.72. The molecule has 0 saturated carbocycles. The maximum Gasteiger partial charge on any atom is 0.413 e. The Morgan fingerprint density at radius 1 is 1.20 bits per heavy atom. The van der Waals surface area contributed by atoms with Gasteiger partial charge in [-0.2, -0.15) is 5.10 Å². The van der Waals surface area contributed by atoms with Crippen LogP contribution in [0.4, 0.5) is 10.6 Å². The third-order valence-corrected chi connectivity index (χ3v) is 4.72. The zero-order chi connectivity index (χ0) is 22.1. The summed E-state index contributed by atoms with van der Waals surface area (Å²) in [6.45, 7) is 11.2. The minimum atomic E-state index is -0.976. The molecule has 2 atom stereocenters. The van der Waals surface area contributed by atoms with Crippen LogP contribution < -0.4 is 5.32 Å². The zero-order valence-electron chi connectivity index (χ0n) is 18.4. The van der Waals surface area contributed by atoms with E-state index in [0.29, 0.717) is 12.4 Å². The van der Waals surface area contributed by atoms with E-state index in [9.17, 15) is 9.59 Å². The standard InChI is InChI=1S/C22H30N4O4/c1-15-18(26(22(5,6)29-15)20(28)30-21(2,3)4)19(27)23-17-12-13-25(24-17)14-16-10-8-7-9-11-16/h7-13,15,18H,14H2,1-6H3,(H,23,24,27)/t15-,18+/m1/s1. The second-order valence-corrected chi connectivity index (χ2v) is 8.94. The lowest BCUT2D eigenvalue weighted by Crippen LogP contribution is -2.54. The number of anilines is 1. The molecule has 0 spiro atoms. The molecule has 0 aliphatic carbocycles. The first-order chi connectivity index (χ1) is 14.0. The molecule has 8 heteroatoms. The van der Waals surface area contributed by atoms with Gasteiger partial charge in [0.2, 0.25) is 0 Å². The molecule has 0 unspecified atom stereocenters. The van der Waals surface area contributed by atoms with Crippen LogP contribution in [0.2, 0.25) is 0 Å². The van der Waals surface area contributed by atoms with Gasteiger partial charge in [0.1, 0.15) is 17.4 Å². The number of benzene rings is 1. The van der Waals surface area contributed by atoms with Gasteiger partial charge < -0.3 is 14.8 Å². The Kier molecular flexibility index (Phi) is 5.90. The predicted octanol–water partition coefficient (Wildman–Crippen LogP) is 3.63. The van der Waals surface area contributed by atoms with Crippen molar-refractivity contribution < 1.29 is 19.1 Å². The second kappa shape index (κ2) is 8.10. The van der Waals surface area contributed by atoms with Gasteiger partial charge in [0.25, 0.3) is 5.91 Å². The minimum absolute atomic E-state index is 0.371. The summed E-state index contributed by atoms with van der Waals surface area (Å²) in [6.07, 6.45) is 0.706. The van der Waals surface area contributed by atoms with E-state index in [0.717, 1.165) is 5.56 Å². The first-order valence-electron chi connectivity index (χ1n) is 10.0. The Morgan fingerprint density at radius 2 is 1.87 bits per heavy atom. The summed E-state index contributed by atoms with van der Waals surface area (Å²) in [5, 5.41) is 7.22. The molecule has 8 nitrogen and oxygen atoms in total. The van der Waals surface area contributed by atoms with E-state index in [1.807, 2.05) is 30.3 Å². The maximum absolute atomic E-state index is 13.1. The summed E-state index contributed by atoms with van der Waals surface area (Å²) < 4.78 is 13.2. The fraction of sp³-hybridized carbons (Fsp3) is 0.500. The number of hydrogen-bond donors (Lipinski definition) is 1. The molecular weight excluding hydrogens is 384 g/mol. The number of carbonyl (C=O) groups excluding carboxylic acids is 2. The monoisotopic (exact) mass is 414 g/mol. The molecule has 1 N–H and O–H groups in total. The topological polar surface area (TPSA) is 85.7 Å². The molecule has 2 aromatic rings. The normalized spacial score (nSPS) is 20.8. The van der Waals surface area contributed by atoms with Gasteiger partial charge >= 0.3 is 6.09 Å². The van der Waals surface area contributed by atoms with E-state index < -0.39 is 29.6 Å². The van der Waals surface area contributed by atoms with Crippen molar-refractivity contribution >= 4 is 17.8 Å². The van der Waals surface area contributed by atoms with Crippen LogP contribution >= 0.6 is 0 Å². The predicted molar refractivity (Wildman–Crippen MR) is 113 cm³/mol. The Morgan fingerprint density at radius 3 is 2.50 bits per heavy atom. The molecule has 1 fully saturated rings. The average Bonchev–Trinajstić information content (AvgIpc) is 3.14. The number of nitrogens with zero attached hydrogens (tertiary/aromatic N) is 3. The molecule has 162 valence electrons. The van der Waals surface area contributed by atoms with Gasteiger partial charge in [0.05, 0.1) is 12.6 Å². The van der Waals surface area contributed by atoms with Crippen LogP contribution in [0.25, 0.3) is 0 Å². The van der Waals surface area contributed by atoms with Crippen molar-refractivity contribution in [2.45, 2.75) is 71.6 Å². The van der Waals surface area contributed by atoms with Crippen molar-refractivity contribution in [2.24, 2.45) is 0 Å². The highest BCUT2D eigenvalue weighted by atomic mass is 16.6. The summed E-state index contributed by atoms with van der Waals surface area (Å²) in [4.78, 5) is 27.3. The van der Waals surface area contributed by atoms with Crippen molar-refractivity contribution in [3.63, 3.8) is 0 Å². The van der Waals surface area contributed by atoms with Crippen LogP contribution in [0.3, 0.4) is 0 Å². The lowest BCUT2D eigenvalue weighted by molar-refractivity contribution is -0.121. The highest BCUT2D eigenvalue weighted by Gasteiger charge is 2.52. The van der Waals surface area contributed by atoms with E-state index in [-0.39, 0.29) is 5.91 Å². The molecule has 2 amide bonds. The molecule has 1 aromatic heterocycles. The quantitative estimate of drug-likeness (QED) is 0.826. The Bertz CT molecular complexity index is 901. The van der Waals surface area contributed by atoms with Gasteiger partial charge in [-0.1, -0.05) is 30.3 Å². The van der Waals surface area contributed by atoms with E-state index in [1.165, 1.54) is 4.90 Å². The number of amides is 2. The van der Waals surface area contributed by atoms with Crippen molar-refractivity contribution in [3.8, 4) is 0 Å². The maximum atomic E-state index is 13.1. The van der Waals surface area contributed by atoms with Gasteiger partial charge in [-0.05, 0) is 47.1 Å². The van der Waals surface area contributed by atoms with Crippen LogP contribution in [-0.2, 0) is 20.8 Å². The van der Waals surface area contributed by atoms with Gasteiger partial charge in [0, 0.05) is 12.3 Å². The van der Waals surface area contributed by atoms with Crippen LogP contribution in [0.1, 0.15) is 47.1 Å². The number of aromatic nitrogens is 2. The van der Waals surface area contributed by atoms with Crippen LogP contribution in [0.15, 0.2) is 42.6 Å². The number of carbonyl (C=O) groups is 2. The minimum Gasteiger partial charge on any atom is -0.444 e. The van der Waals surface area contributed by atoms with Gasteiger partial charge in [0.15, 0.2) is 5.82 Å². The molecule has 3 rings (SSSR count). The highest BCUT2D eigenvalue weighted by Crippen LogP contribution is 2.34. The second-order valence-electron chi connectivity index (χ2n) is 8.94. The SMILES string of the molecule is C[C@H]1OC(C)(C)N(C(=O)OC(C)(C)C)[C@@H]1C(=O)Nc1ccn(Cc2ccccc2)n1. The van der Waals surface area contributed by atoms with E-state index in [4.69, 9.17) is 9.47 Å². The first kappa shape index (κ1) is 21.8. The Labute approximate surface area is 177 Å². The fourth-order valence-corrected chi connectivity index (χ4v) is 3.58. The molecule has 1 aliphatic rings. The molecule has 0 radical (unpaired) electrons. The summed E-state index contributed by atoms with van der Waals surface area (Å²) in [6, 6.07) is 10.8. The first-order valence-corrected chi connectivity index (χ1v) is 10.0. The van der Waals surface area contributed by atoms with E-state index in [1.54, 1.807) is 58.5 Å². The van der Waals surface area contributed by atoms with Gasteiger partial charge in [-0.3, -0.25) is 14.4 Å². The highest BCUT2D eigenvalue weighted by molar-refractivity contribution is 5.96. The molecule has 1 saturated heterocycles. The number of rotatable bonds is 4. The number of hydrogen-bond acceptors (Lipinski definition) is 5. The molecule has 2 heterocycles. The molecular formula is C22H30N4O4. The summed E-state index contributed by atoms with van der Waals surface area (Å²) in [7, 11) is 0. The molecule has 0 bridgehead atoms. The molecule has 30 heavy (non-hydrogen) atoms. The summed E-state index contributed by atoms with van der Waals surface area (Å²) >= 11 is 0. The third kappa shape index (κ3) is 4.99. The largest absolute Gasteiger partial charge is 0.444 e. The van der Waals surface area contributed by atoms with Crippen LogP contribution in [0, 0.1) is 0 Å². The number of nitrogens with one attached hydrogen (secondary N) is 1. The summed E-state index contributed by atoms with van der Waals surface area (Å²) in [5.74, 6) is 0.0425. The van der Waals surface area contributed by atoms with Crippen LogP contribution in [0.5, 0.6) is 0 Å². The van der Waals surface area contributed by atoms with E-state index in [2.05, 4.69) is 10.4 Å². The Balaban J connectivity index is 1.73. The zero-order valence-corrected chi connectivity index (χ0v) is 18.4. The Hall–Kier alpha value is -2.87. The average molecular weight is 415 g/mol. The lowest BCUT2D eigenvalue weighted by atomic mass is 10.1. The lowest BCUT2D eigenvalue weighted by Gasteiger charge is -2.34. The van der Waals surface area contributed by atoms with Crippen molar-refractivity contribution in [1.29, 1.82) is 0 Å². The smallest absolute Gasteiger partial charge is 0.413 e. The molecule has 1 aromatic carbocycles. The van der Waals surface area contributed by atoms with Crippen LogP contribution in [-0.4, -0.2) is 50.2 Å². The number of ether oxygens (including phenoxy) is 2. The van der Waals surface area contributed by atoms with Crippen molar-refractivity contribution in [1.82, 2.24) is 14.7 Å². The summed E-state index contributed by atoms with van der Waals surface area (Å²) in [5.41, 5.74) is -0.554. The fourth-order valence-electron chi connectivity index (χ4n) is 3.58.